The van der Waals surface area contributed by atoms with Crippen molar-refractivity contribution in [2.75, 3.05) is 0 Å². The van der Waals surface area contributed by atoms with E-state index in [4.69, 9.17) is 11.6 Å². The van der Waals surface area contributed by atoms with E-state index in [9.17, 15) is 4.39 Å². The summed E-state index contributed by atoms with van der Waals surface area (Å²) >= 11 is 7.27. The summed E-state index contributed by atoms with van der Waals surface area (Å²) in [6.45, 7) is 0. The molecule has 0 nitrogen and oxygen atoms in total. The average molecular weight is 213 g/mol. The number of rotatable bonds is 1. The van der Waals surface area contributed by atoms with Crippen molar-refractivity contribution in [3.8, 4) is 10.4 Å². The number of halogens is 2. The van der Waals surface area contributed by atoms with Crippen molar-refractivity contribution in [3.63, 3.8) is 0 Å². The van der Waals surface area contributed by atoms with Crippen LogP contribution >= 0.6 is 22.9 Å². The monoisotopic (exact) mass is 212 g/mol. The lowest BCUT2D eigenvalue weighted by atomic mass is 10.2. The van der Waals surface area contributed by atoms with Gasteiger partial charge in [0.25, 0.3) is 0 Å². The number of hydrogen-bond donors (Lipinski definition) is 0. The highest BCUT2D eigenvalue weighted by Gasteiger charge is 2.02. The van der Waals surface area contributed by atoms with Crippen molar-refractivity contribution in [2.45, 2.75) is 0 Å². The maximum Gasteiger partial charge on any atom is 0.141 e. The summed E-state index contributed by atoms with van der Waals surface area (Å²) in [5, 5.41) is 2.15. The Bertz CT molecular complexity index is 409. The second kappa shape index (κ2) is 3.48. The largest absolute Gasteiger partial charge is 0.205 e. The van der Waals surface area contributed by atoms with Crippen LogP contribution in [0.5, 0.6) is 0 Å². The normalized spacial score (nSPS) is 10.3. The molecule has 0 fully saturated rings. The molecule has 1 aromatic carbocycles. The zero-order chi connectivity index (χ0) is 9.26. The standard InChI is InChI=1S/C10H6ClFS/c11-8-6-7(3-4-9(8)12)10-2-1-5-13-10/h1-6H. The Morgan fingerprint density at radius 3 is 2.69 bits per heavy atom. The van der Waals surface area contributed by atoms with Crippen LogP contribution in [0.2, 0.25) is 5.02 Å². The molecule has 0 saturated carbocycles. The Morgan fingerprint density at radius 1 is 1.23 bits per heavy atom. The molecule has 1 aromatic heterocycles. The van der Waals surface area contributed by atoms with Crippen LogP contribution in [0.3, 0.4) is 0 Å². The van der Waals surface area contributed by atoms with E-state index < -0.39 is 0 Å². The van der Waals surface area contributed by atoms with Gasteiger partial charge < -0.3 is 0 Å². The molecule has 0 aliphatic rings. The van der Waals surface area contributed by atoms with E-state index in [0.29, 0.717) is 0 Å². The van der Waals surface area contributed by atoms with Crippen LogP contribution in [0.4, 0.5) is 4.39 Å². The maximum absolute atomic E-state index is 12.8. The van der Waals surface area contributed by atoms with Gasteiger partial charge in [-0.15, -0.1) is 11.3 Å². The summed E-state index contributed by atoms with van der Waals surface area (Å²) in [5.41, 5.74) is 0.960. The minimum atomic E-state index is -0.373. The first-order valence-electron chi connectivity index (χ1n) is 3.76. The second-order valence-corrected chi connectivity index (χ2v) is 3.96. The number of thiophene rings is 1. The third-order valence-corrected chi connectivity index (χ3v) is 2.93. The highest BCUT2D eigenvalue weighted by molar-refractivity contribution is 7.13. The molecule has 0 unspecified atom stereocenters. The third kappa shape index (κ3) is 1.74. The SMILES string of the molecule is Fc1ccc(-c2cccs2)cc1Cl. The van der Waals surface area contributed by atoms with Crippen molar-refractivity contribution < 1.29 is 4.39 Å². The molecule has 0 radical (unpaired) electrons. The molecule has 0 aliphatic carbocycles. The van der Waals surface area contributed by atoms with E-state index in [1.54, 1.807) is 23.5 Å². The summed E-state index contributed by atoms with van der Waals surface area (Å²) < 4.78 is 12.8. The molecule has 0 aliphatic heterocycles. The smallest absolute Gasteiger partial charge is 0.141 e. The van der Waals surface area contributed by atoms with Crippen molar-refractivity contribution in [2.24, 2.45) is 0 Å². The first kappa shape index (κ1) is 8.73. The molecule has 1 heterocycles. The van der Waals surface area contributed by atoms with Gasteiger partial charge in [-0.05, 0) is 29.1 Å². The Labute approximate surface area is 84.6 Å². The highest BCUT2D eigenvalue weighted by Crippen LogP contribution is 2.27. The number of benzene rings is 1. The molecule has 2 rings (SSSR count). The maximum atomic E-state index is 12.8. The van der Waals surface area contributed by atoms with Gasteiger partial charge in [-0.25, -0.2) is 4.39 Å². The van der Waals surface area contributed by atoms with E-state index >= 15 is 0 Å². The summed E-state index contributed by atoms with van der Waals surface area (Å²) in [6, 6.07) is 8.69. The molecule has 2 aromatic rings. The molecule has 3 heteroatoms. The molecule has 0 amide bonds. The van der Waals surface area contributed by atoms with Gasteiger partial charge in [-0.1, -0.05) is 23.7 Å². The minimum absolute atomic E-state index is 0.172. The van der Waals surface area contributed by atoms with Gasteiger partial charge in [0, 0.05) is 4.88 Å². The van der Waals surface area contributed by atoms with Crippen LogP contribution in [0.1, 0.15) is 0 Å². The zero-order valence-corrected chi connectivity index (χ0v) is 8.20. The lowest BCUT2D eigenvalue weighted by Crippen LogP contribution is -1.77. The molecule has 0 atom stereocenters. The Kier molecular flexibility index (Phi) is 2.34. The van der Waals surface area contributed by atoms with Gasteiger partial charge in [-0.2, -0.15) is 0 Å². The van der Waals surface area contributed by atoms with E-state index in [1.807, 2.05) is 17.5 Å². The molecular formula is C10H6ClFS. The van der Waals surface area contributed by atoms with E-state index in [0.717, 1.165) is 10.4 Å². The van der Waals surface area contributed by atoms with Crippen molar-refractivity contribution >= 4 is 22.9 Å². The lowest BCUT2D eigenvalue weighted by molar-refractivity contribution is 0.628. The molecule has 66 valence electrons. The van der Waals surface area contributed by atoms with Crippen molar-refractivity contribution in [1.82, 2.24) is 0 Å². The summed E-state index contributed by atoms with van der Waals surface area (Å²) in [4.78, 5) is 1.10. The van der Waals surface area contributed by atoms with Crippen molar-refractivity contribution in [3.05, 3.63) is 46.6 Å². The lowest BCUT2D eigenvalue weighted by Gasteiger charge is -1.98. The van der Waals surface area contributed by atoms with Gasteiger partial charge in [0.1, 0.15) is 5.82 Å². The van der Waals surface area contributed by atoms with Crippen LogP contribution in [-0.2, 0) is 0 Å². The summed E-state index contributed by atoms with van der Waals surface area (Å²) in [6.07, 6.45) is 0. The topological polar surface area (TPSA) is 0 Å². The van der Waals surface area contributed by atoms with E-state index in [-0.39, 0.29) is 10.8 Å². The minimum Gasteiger partial charge on any atom is -0.205 e. The van der Waals surface area contributed by atoms with Crippen LogP contribution in [0.15, 0.2) is 35.7 Å². The fraction of sp³-hybridized carbons (Fsp3) is 0. The van der Waals surface area contributed by atoms with Crippen LogP contribution in [0, 0.1) is 5.82 Å². The molecule has 13 heavy (non-hydrogen) atoms. The summed E-state index contributed by atoms with van der Waals surface area (Å²) in [5.74, 6) is -0.373. The first-order valence-corrected chi connectivity index (χ1v) is 5.02. The third-order valence-electron chi connectivity index (χ3n) is 1.73. The van der Waals surface area contributed by atoms with E-state index in [1.165, 1.54) is 6.07 Å². The van der Waals surface area contributed by atoms with Crippen LogP contribution in [0.25, 0.3) is 10.4 Å². The fourth-order valence-electron chi connectivity index (χ4n) is 1.09. The molecular weight excluding hydrogens is 207 g/mol. The van der Waals surface area contributed by atoms with Gasteiger partial charge in [0.15, 0.2) is 0 Å². The average Bonchev–Trinajstić information content (AvgIpc) is 2.62. The molecule has 0 spiro atoms. The van der Waals surface area contributed by atoms with Crippen molar-refractivity contribution in [1.29, 1.82) is 0 Å². The Morgan fingerprint density at radius 2 is 2.08 bits per heavy atom. The predicted octanol–water partition coefficient (Wildman–Crippen LogP) is 4.21. The quantitative estimate of drug-likeness (QED) is 0.665. The fourth-order valence-corrected chi connectivity index (χ4v) is 2.00. The zero-order valence-electron chi connectivity index (χ0n) is 6.63. The first-order chi connectivity index (χ1) is 6.27. The highest BCUT2D eigenvalue weighted by atomic mass is 35.5. The molecule has 0 bridgehead atoms. The summed E-state index contributed by atoms with van der Waals surface area (Å²) in [7, 11) is 0. The van der Waals surface area contributed by atoms with Gasteiger partial charge in [0.2, 0.25) is 0 Å². The Balaban J connectivity index is 2.49. The van der Waals surface area contributed by atoms with Crippen LogP contribution in [-0.4, -0.2) is 0 Å². The predicted molar refractivity (Wildman–Crippen MR) is 54.7 cm³/mol. The molecule has 0 saturated heterocycles. The number of hydrogen-bond acceptors (Lipinski definition) is 1. The van der Waals surface area contributed by atoms with Gasteiger partial charge >= 0.3 is 0 Å². The van der Waals surface area contributed by atoms with E-state index in [2.05, 4.69) is 0 Å². The Hall–Kier alpha value is -0.860. The van der Waals surface area contributed by atoms with Gasteiger partial charge in [0.05, 0.1) is 5.02 Å². The van der Waals surface area contributed by atoms with Crippen LogP contribution < -0.4 is 0 Å². The van der Waals surface area contributed by atoms with Gasteiger partial charge in [-0.3, -0.25) is 0 Å². The molecule has 0 N–H and O–H groups in total. The second-order valence-electron chi connectivity index (χ2n) is 2.61.